The van der Waals surface area contributed by atoms with E-state index in [2.05, 4.69) is 200 Å². The minimum absolute atomic E-state index is 0.123. The van der Waals surface area contributed by atoms with Gasteiger partial charge in [0.05, 0.1) is 28.0 Å². The maximum atomic E-state index is 11.5. The van der Waals surface area contributed by atoms with Crippen LogP contribution in [-0.2, 0) is 11.8 Å². The predicted molar refractivity (Wildman–Crippen MR) is 277 cm³/mol. The molecule has 4 nitrogen and oxygen atoms in total. The van der Waals surface area contributed by atoms with Crippen LogP contribution in [0.5, 0.6) is 5.75 Å². The summed E-state index contributed by atoms with van der Waals surface area (Å²) in [6.07, 6.45) is 8.24. The van der Waals surface area contributed by atoms with Crippen LogP contribution in [0.2, 0.25) is 0 Å². The highest BCUT2D eigenvalue weighted by molar-refractivity contribution is 5.98. The third-order valence-corrected chi connectivity index (χ3v) is 14.1. The van der Waals surface area contributed by atoms with Gasteiger partial charge in [-0.1, -0.05) is 185 Å². The number of phenols is 1. The van der Waals surface area contributed by atoms with Gasteiger partial charge in [-0.3, -0.25) is 9.55 Å². The summed E-state index contributed by atoms with van der Waals surface area (Å²) in [4.78, 5) is 10.5. The second-order valence-electron chi connectivity index (χ2n) is 18.7. The van der Waals surface area contributed by atoms with E-state index in [1.54, 1.807) is 6.07 Å². The number of fused-ring (bicyclic) bond motifs is 1. The van der Waals surface area contributed by atoms with Gasteiger partial charge in [0.25, 0.3) is 0 Å². The molecule has 2 aromatic heterocycles. The van der Waals surface area contributed by atoms with E-state index in [9.17, 15) is 5.11 Å². The molecule has 2 heterocycles. The smallest absolute Gasteiger partial charge is 0.149 e. The van der Waals surface area contributed by atoms with Crippen LogP contribution < -0.4 is 0 Å². The Morgan fingerprint density at radius 2 is 1.13 bits per heavy atom. The molecule has 0 spiro atoms. The van der Waals surface area contributed by atoms with Gasteiger partial charge in [-0.2, -0.15) is 0 Å². The first kappa shape index (κ1) is 41.9. The second-order valence-corrected chi connectivity index (χ2v) is 18.7. The molecule has 4 heteroatoms. The molecule has 1 fully saturated rings. The summed E-state index contributed by atoms with van der Waals surface area (Å²) in [5, 5.41) is 11.5. The molecule has 0 radical (unpaired) electrons. The third-order valence-electron chi connectivity index (χ3n) is 14.1. The van der Waals surface area contributed by atoms with E-state index in [0.29, 0.717) is 11.4 Å². The normalized spacial score (nSPS) is 13.0. The van der Waals surface area contributed by atoms with E-state index < -0.39 is 0 Å². The van der Waals surface area contributed by atoms with Crippen molar-refractivity contribution in [3.05, 3.63) is 229 Å². The summed E-state index contributed by atoms with van der Waals surface area (Å²) in [7, 11) is 0. The first-order valence-corrected chi connectivity index (χ1v) is 23.7. The minimum atomic E-state index is -0.123. The molecular formula is C63H53N3O. The highest BCUT2D eigenvalue weighted by Gasteiger charge is 2.25. The number of aromatic hydroxyl groups is 1. The Hall–Kier alpha value is -7.82. The summed E-state index contributed by atoms with van der Waals surface area (Å²) < 4.78 is 2.26. The SMILES string of the molecule is CC(C)(c1ccccc1)c1ccc(-c2ccnc(-c3cc(-c4ccccc4)cc(-c4cccc5c4nc(-c4ccccc4O)n5-c4ccc(CC5CCCC5)cc4-c4ccccc4)c3)c2)cc1. The summed E-state index contributed by atoms with van der Waals surface area (Å²) >= 11 is 0. The van der Waals surface area contributed by atoms with Gasteiger partial charge in [-0.25, -0.2) is 4.98 Å². The van der Waals surface area contributed by atoms with Crippen molar-refractivity contribution in [2.45, 2.75) is 51.4 Å². The van der Waals surface area contributed by atoms with E-state index in [1.165, 1.54) is 42.4 Å². The van der Waals surface area contributed by atoms with Crippen molar-refractivity contribution in [1.82, 2.24) is 14.5 Å². The third kappa shape index (κ3) is 8.25. The molecule has 326 valence electrons. The Bertz CT molecular complexity index is 3350. The highest BCUT2D eigenvalue weighted by atomic mass is 16.3. The number of phenolic OH excluding ortho intramolecular Hbond substituents is 1. The number of pyridine rings is 1. The zero-order valence-corrected chi connectivity index (χ0v) is 38.1. The largest absolute Gasteiger partial charge is 0.507 e. The van der Waals surface area contributed by atoms with Gasteiger partial charge in [0.1, 0.15) is 11.6 Å². The summed E-state index contributed by atoms with van der Waals surface area (Å²) in [6, 6.07) is 73.0. The number of rotatable bonds is 11. The van der Waals surface area contributed by atoms with Crippen LogP contribution in [0.1, 0.15) is 56.2 Å². The molecule has 1 aliphatic rings. The molecule has 0 bridgehead atoms. The molecule has 8 aromatic carbocycles. The molecule has 11 rings (SSSR count). The fraction of sp³-hybridized carbons (Fsp3) is 0.143. The van der Waals surface area contributed by atoms with E-state index >= 15 is 0 Å². The number of hydrogen-bond acceptors (Lipinski definition) is 3. The van der Waals surface area contributed by atoms with E-state index in [0.717, 1.165) is 84.8 Å². The molecule has 67 heavy (non-hydrogen) atoms. The molecule has 1 aliphatic carbocycles. The Balaban J connectivity index is 1.06. The minimum Gasteiger partial charge on any atom is -0.507 e. The van der Waals surface area contributed by atoms with Gasteiger partial charge in [0.15, 0.2) is 0 Å². The van der Waals surface area contributed by atoms with Crippen LogP contribution in [0.3, 0.4) is 0 Å². The molecule has 10 aromatic rings. The van der Waals surface area contributed by atoms with Crippen LogP contribution in [0.15, 0.2) is 212 Å². The molecule has 0 amide bonds. The van der Waals surface area contributed by atoms with Crippen molar-refractivity contribution in [2.24, 2.45) is 5.92 Å². The fourth-order valence-electron chi connectivity index (χ4n) is 10.3. The van der Waals surface area contributed by atoms with E-state index in [1.807, 2.05) is 24.4 Å². The lowest BCUT2D eigenvalue weighted by Gasteiger charge is -2.26. The predicted octanol–water partition coefficient (Wildman–Crippen LogP) is 16.2. The summed E-state index contributed by atoms with van der Waals surface area (Å²) in [5.41, 5.74) is 18.0. The average molecular weight is 868 g/mol. The van der Waals surface area contributed by atoms with Crippen LogP contribution in [0, 0.1) is 5.92 Å². The lowest BCUT2D eigenvalue weighted by Crippen LogP contribution is -2.18. The molecule has 1 saturated carbocycles. The number of imidazole rings is 1. The van der Waals surface area contributed by atoms with Gasteiger partial charge < -0.3 is 5.11 Å². The maximum absolute atomic E-state index is 11.5. The number of nitrogens with zero attached hydrogens (tertiary/aromatic N) is 3. The van der Waals surface area contributed by atoms with Crippen LogP contribution in [0.4, 0.5) is 0 Å². The van der Waals surface area contributed by atoms with Crippen LogP contribution >= 0.6 is 0 Å². The van der Waals surface area contributed by atoms with E-state index in [-0.39, 0.29) is 11.2 Å². The van der Waals surface area contributed by atoms with Crippen LogP contribution in [0.25, 0.3) is 83.9 Å². The number of aromatic nitrogens is 3. The molecule has 0 aliphatic heterocycles. The first-order valence-electron chi connectivity index (χ1n) is 23.7. The van der Waals surface area contributed by atoms with Crippen molar-refractivity contribution in [3.63, 3.8) is 0 Å². The molecular weight excluding hydrogens is 815 g/mol. The van der Waals surface area contributed by atoms with Crippen molar-refractivity contribution >= 4 is 11.0 Å². The molecule has 0 atom stereocenters. The Kier molecular flexibility index (Phi) is 11.2. The Morgan fingerprint density at radius 1 is 0.507 bits per heavy atom. The molecule has 1 N–H and O–H groups in total. The van der Waals surface area contributed by atoms with Crippen molar-refractivity contribution in [1.29, 1.82) is 0 Å². The first-order chi connectivity index (χ1) is 32.9. The van der Waals surface area contributed by atoms with Crippen LogP contribution in [-0.4, -0.2) is 19.6 Å². The zero-order chi connectivity index (χ0) is 45.3. The van der Waals surface area contributed by atoms with E-state index in [4.69, 9.17) is 9.97 Å². The van der Waals surface area contributed by atoms with Gasteiger partial charge in [0.2, 0.25) is 0 Å². The topological polar surface area (TPSA) is 50.9 Å². The van der Waals surface area contributed by atoms with Gasteiger partial charge in [0, 0.05) is 28.3 Å². The number of benzene rings is 8. The van der Waals surface area contributed by atoms with Crippen molar-refractivity contribution < 1.29 is 5.11 Å². The van der Waals surface area contributed by atoms with Gasteiger partial charge in [-0.15, -0.1) is 0 Å². The quantitative estimate of drug-likeness (QED) is 0.141. The highest BCUT2D eigenvalue weighted by Crippen LogP contribution is 2.42. The number of para-hydroxylation sites is 2. The zero-order valence-electron chi connectivity index (χ0n) is 38.1. The summed E-state index contributed by atoms with van der Waals surface area (Å²) in [6.45, 7) is 4.57. The maximum Gasteiger partial charge on any atom is 0.149 e. The Labute approximate surface area is 394 Å². The number of hydrogen-bond donors (Lipinski definition) is 1. The Morgan fingerprint density at radius 3 is 1.88 bits per heavy atom. The van der Waals surface area contributed by atoms with Crippen molar-refractivity contribution in [2.75, 3.05) is 0 Å². The van der Waals surface area contributed by atoms with Gasteiger partial charge >= 0.3 is 0 Å². The average Bonchev–Trinajstić information content (AvgIpc) is 4.05. The molecule has 0 saturated heterocycles. The second kappa shape index (κ2) is 17.9. The van der Waals surface area contributed by atoms with Crippen molar-refractivity contribution in [3.8, 4) is 78.6 Å². The monoisotopic (exact) mass is 867 g/mol. The lowest BCUT2D eigenvalue weighted by atomic mass is 9.78. The summed E-state index contributed by atoms with van der Waals surface area (Å²) in [5.74, 6) is 1.60. The standard InChI is InChI=1S/C63H53N3O/c1-63(2,52-23-10-5-11-24-52)53-32-30-46(31-33-53)48-35-36-64-57(42-48)51-40-49(45-19-6-3-7-20-45)39-50(41-51)54-26-16-27-59-61(54)65-62(55-25-14-15-28-60(55)67)66(59)58-34-29-44(37-43-17-12-13-18-43)38-56(58)47-21-8-4-9-22-47/h3-11,14-16,19-36,38-43,67H,12-13,17-18,37H2,1-2H3. The van der Waals surface area contributed by atoms with Gasteiger partial charge in [-0.05, 0) is 123 Å². The molecule has 0 unspecified atom stereocenters. The fourth-order valence-corrected chi connectivity index (χ4v) is 10.3. The lowest BCUT2D eigenvalue weighted by molar-refractivity contribution is 0.477.